The molecule has 0 aliphatic heterocycles. The lowest BCUT2D eigenvalue weighted by Crippen LogP contribution is -2.01. The Morgan fingerprint density at radius 2 is 1.75 bits per heavy atom. The highest BCUT2D eigenvalue weighted by Gasteiger charge is 2.09. The summed E-state index contributed by atoms with van der Waals surface area (Å²) >= 11 is 0. The molecule has 0 aromatic heterocycles. The third kappa shape index (κ3) is 3.27. The monoisotopic (exact) mass is 230 g/mol. The van der Waals surface area contributed by atoms with Gasteiger partial charge in [0.15, 0.2) is 11.6 Å². The topological polar surface area (TPSA) is 57.5 Å². The van der Waals surface area contributed by atoms with E-state index in [1.165, 1.54) is 0 Å². The summed E-state index contributed by atoms with van der Waals surface area (Å²) in [5, 5.41) is 17.4. The lowest BCUT2D eigenvalue weighted by atomic mass is 10.0. The molecule has 0 saturated heterocycles. The molecule has 88 valence electrons. The average molecular weight is 230 g/mol. The molecule has 0 spiro atoms. The van der Waals surface area contributed by atoms with Crippen molar-refractivity contribution < 1.29 is 23.8 Å². The van der Waals surface area contributed by atoms with Crippen LogP contribution < -0.4 is 0 Å². The number of aliphatic hydroxyl groups is 1. The normalized spacial score (nSPS) is 10.4. The van der Waals surface area contributed by atoms with Crippen LogP contribution in [0.1, 0.15) is 24.0 Å². The maximum absolute atomic E-state index is 12.9. The number of hydrogen-bond donors (Lipinski definition) is 2. The summed E-state index contributed by atoms with van der Waals surface area (Å²) < 4.78 is 25.7. The molecular weight excluding hydrogens is 218 g/mol. The zero-order valence-corrected chi connectivity index (χ0v) is 8.54. The van der Waals surface area contributed by atoms with Crippen molar-refractivity contribution in [1.82, 2.24) is 0 Å². The van der Waals surface area contributed by atoms with Crippen LogP contribution in [0.25, 0.3) is 0 Å². The van der Waals surface area contributed by atoms with Gasteiger partial charge in [0.2, 0.25) is 0 Å². The van der Waals surface area contributed by atoms with E-state index in [4.69, 9.17) is 10.2 Å². The highest BCUT2D eigenvalue weighted by atomic mass is 19.2. The highest BCUT2D eigenvalue weighted by Crippen LogP contribution is 2.17. The van der Waals surface area contributed by atoms with Gasteiger partial charge < -0.3 is 10.2 Å². The molecular formula is C11H12F2O3. The lowest BCUT2D eigenvalue weighted by Gasteiger charge is -2.07. The second-order valence-electron chi connectivity index (χ2n) is 3.44. The number of aliphatic carboxylic acids is 1. The van der Waals surface area contributed by atoms with Crippen LogP contribution in [-0.2, 0) is 17.8 Å². The molecule has 5 heteroatoms. The van der Waals surface area contributed by atoms with Crippen LogP contribution in [0.5, 0.6) is 0 Å². The third-order valence-electron chi connectivity index (χ3n) is 2.25. The minimum atomic E-state index is -1.01. The highest BCUT2D eigenvalue weighted by molar-refractivity contribution is 5.66. The smallest absolute Gasteiger partial charge is 0.303 e. The molecule has 16 heavy (non-hydrogen) atoms. The van der Waals surface area contributed by atoms with Gasteiger partial charge in [0.05, 0.1) is 6.61 Å². The van der Waals surface area contributed by atoms with Gasteiger partial charge in [-0.1, -0.05) is 0 Å². The van der Waals surface area contributed by atoms with Crippen molar-refractivity contribution in [2.45, 2.75) is 25.9 Å². The Morgan fingerprint density at radius 3 is 2.25 bits per heavy atom. The molecule has 1 aromatic carbocycles. The van der Waals surface area contributed by atoms with Gasteiger partial charge in [-0.05, 0) is 36.1 Å². The van der Waals surface area contributed by atoms with E-state index in [0.29, 0.717) is 24.0 Å². The van der Waals surface area contributed by atoms with E-state index in [1.807, 2.05) is 0 Å². The van der Waals surface area contributed by atoms with Crippen molar-refractivity contribution in [2.75, 3.05) is 0 Å². The first-order valence-corrected chi connectivity index (χ1v) is 4.84. The predicted octanol–water partition coefficient (Wildman–Crippen LogP) is 1.86. The van der Waals surface area contributed by atoms with Crippen LogP contribution >= 0.6 is 0 Å². The quantitative estimate of drug-likeness (QED) is 0.811. The van der Waals surface area contributed by atoms with Crippen molar-refractivity contribution in [3.05, 3.63) is 34.9 Å². The summed E-state index contributed by atoms with van der Waals surface area (Å²) in [6.07, 6.45) is 0.594. The van der Waals surface area contributed by atoms with Crippen molar-refractivity contribution in [3.63, 3.8) is 0 Å². The van der Waals surface area contributed by atoms with Gasteiger partial charge in [0, 0.05) is 6.42 Å². The van der Waals surface area contributed by atoms with Gasteiger partial charge in [0.25, 0.3) is 0 Å². The van der Waals surface area contributed by atoms with Gasteiger partial charge in [0.1, 0.15) is 0 Å². The van der Waals surface area contributed by atoms with E-state index in [-0.39, 0.29) is 13.0 Å². The number of aryl methyl sites for hydroxylation is 1. The largest absolute Gasteiger partial charge is 0.481 e. The summed E-state index contributed by atoms with van der Waals surface area (Å²) in [7, 11) is 0. The first-order valence-electron chi connectivity index (χ1n) is 4.84. The minimum Gasteiger partial charge on any atom is -0.481 e. The minimum absolute atomic E-state index is 0.0378. The Balaban J connectivity index is 2.77. The van der Waals surface area contributed by atoms with Crippen molar-refractivity contribution >= 4 is 5.97 Å². The Bertz CT molecular complexity index is 391. The van der Waals surface area contributed by atoms with Crippen molar-refractivity contribution in [3.8, 4) is 0 Å². The summed E-state index contributed by atoms with van der Waals surface area (Å²) in [5.41, 5.74) is 0.743. The third-order valence-corrected chi connectivity index (χ3v) is 2.25. The number of carboxylic acids is 1. The Kier molecular flexibility index (Phi) is 4.37. The first kappa shape index (κ1) is 12.6. The van der Waals surface area contributed by atoms with Crippen molar-refractivity contribution in [2.24, 2.45) is 0 Å². The van der Waals surface area contributed by atoms with Crippen molar-refractivity contribution in [1.29, 1.82) is 0 Å². The summed E-state index contributed by atoms with van der Waals surface area (Å²) in [5.74, 6) is -2.93. The van der Waals surface area contributed by atoms with Crippen LogP contribution in [0.15, 0.2) is 12.1 Å². The molecule has 0 bridgehead atoms. The van der Waals surface area contributed by atoms with Crippen LogP contribution in [0.2, 0.25) is 0 Å². The average Bonchev–Trinajstić information content (AvgIpc) is 2.22. The maximum Gasteiger partial charge on any atom is 0.303 e. The maximum atomic E-state index is 12.9. The fourth-order valence-electron chi connectivity index (χ4n) is 1.44. The Labute approximate surface area is 91.3 Å². The molecule has 0 atom stereocenters. The van der Waals surface area contributed by atoms with Gasteiger partial charge in [-0.25, -0.2) is 8.78 Å². The molecule has 0 unspecified atom stereocenters. The molecule has 1 rings (SSSR count). The van der Waals surface area contributed by atoms with Crippen LogP contribution in [0.4, 0.5) is 8.78 Å². The molecule has 0 aliphatic carbocycles. The molecule has 1 aromatic rings. The molecule has 0 heterocycles. The van der Waals surface area contributed by atoms with Gasteiger partial charge in [-0.2, -0.15) is 0 Å². The molecule has 2 N–H and O–H groups in total. The van der Waals surface area contributed by atoms with E-state index in [0.717, 1.165) is 12.1 Å². The SMILES string of the molecule is O=C(O)CCCc1cc(F)c(F)cc1CO. The second kappa shape index (κ2) is 5.55. The molecule has 0 radical (unpaired) electrons. The molecule has 0 amide bonds. The summed E-state index contributed by atoms with van der Waals surface area (Å²) in [4.78, 5) is 10.3. The summed E-state index contributed by atoms with van der Waals surface area (Å²) in [6, 6.07) is 1.94. The zero-order chi connectivity index (χ0) is 12.1. The van der Waals surface area contributed by atoms with E-state index in [1.54, 1.807) is 0 Å². The number of carbonyl (C=O) groups is 1. The molecule has 0 saturated carbocycles. The predicted molar refractivity (Wildman–Crippen MR) is 52.9 cm³/mol. The fraction of sp³-hybridized carbons (Fsp3) is 0.364. The number of halogens is 2. The number of benzene rings is 1. The first-order chi connectivity index (χ1) is 7.54. The van der Waals surface area contributed by atoms with Gasteiger partial charge >= 0.3 is 5.97 Å². The lowest BCUT2D eigenvalue weighted by molar-refractivity contribution is -0.137. The number of aliphatic hydroxyl groups excluding tert-OH is 1. The van der Waals surface area contributed by atoms with E-state index in [9.17, 15) is 13.6 Å². The van der Waals surface area contributed by atoms with E-state index >= 15 is 0 Å². The van der Waals surface area contributed by atoms with Gasteiger partial charge in [-0.15, -0.1) is 0 Å². The molecule has 0 fully saturated rings. The number of rotatable bonds is 5. The van der Waals surface area contributed by atoms with Crippen LogP contribution in [0, 0.1) is 11.6 Å². The Hall–Kier alpha value is -1.49. The van der Waals surface area contributed by atoms with E-state index < -0.39 is 17.6 Å². The van der Waals surface area contributed by atoms with Gasteiger partial charge in [-0.3, -0.25) is 4.79 Å². The summed E-state index contributed by atoms with van der Waals surface area (Å²) in [6.45, 7) is -0.389. The second-order valence-corrected chi connectivity index (χ2v) is 3.44. The number of carboxylic acid groups (broad SMARTS) is 1. The standard InChI is InChI=1S/C11H12F2O3/c12-9-4-7(2-1-3-11(15)16)8(6-14)5-10(9)13/h4-5,14H,1-3,6H2,(H,15,16). The Morgan fingerprint density at radius 1 is 1.19 bits per heavy atom. The van der Waals surface area contributed by atoms with Crippen LogP contribution in [0.3, 0.4) is 0 Å². The fourth-order valence-corrected chi connectivity index (χ4v) is 1.44. The molecule has 0 aliphatic rings. The zero-order valence-electron chi connectivity index (χ0n) is 8.54. The number of hydrogen-bond acceptors (Lipinski definition) is 2. The van der Waals surface area contributed by atoms with Crippen LogP contribution in [-0.4, -0.2) is 16.2 Å². The van der Waals surface area contributed by atoms with E-state index in [2.05, 4.69) is 0 Å². The molecule has 3 nitrogen and oxygen atoms in total.